The molecule has 348 valence electrons. The molecule has 0 unspecified atom stereocenters. The van der Waals surface area contributed by atoms with E-state index in [2.05, 4.69) is 18.7 Å². The third-order valence-electron chi connectivity index (χ3n) is 14.3. The molecule has 0 aromatic carbocycles. The molecule has 5 aliphatic heterocycles. The maximum atomic E-state index is 14.8. The number of cyclic esters (lactones) is 1. The topological polar surface area (TPSA) is 173 Å². The van der Waals surface area contributed by atoms with Gasteiger partial charge in [-0.2, -0.15) is 0 Å². The number of carbonyl (C=O) groups excluding carboxylic acids is 3. The minimum Gasteiger partial charge on any atom is -0.491 e. The maximum absolute atomic E-state index is 14.8. The second kappa shape index (κ2) is 19.6. The summed E-state index contributed by atoms with van der Waals surface area (Å²) in [6.45, 7) is 21.4. The van der Waals surface area contributed by atoms with Gasteiger partial charge in [0.2, 0.25) is 0 Å². The molecule has 1 N–H and O–H groups in total. The molecule has 5 aliphatic rings. The molecule has 0 spiro atoms. The van der Waals surface area contributed by atoms with Gasteiger partial charge in [-0.1, -0.05) is 27.7 Å². The Bertz CT molecular complexity index is 1610. The quantitative estimate of drug-likeness (QED) is 0.169. The number of rotatable bonds is 11. The van der Waals surface area contributed by atoms with E-state index in [1.807, 2.05) is 55.6 Å². The van der Waals surface area contributed by atoms with Crippen LogP contribution in [0.4, 0.5) is 4.79 Å². The van der Waals surface area contributed by atoms with Crippen LogP contribution in [0.1, 0.15) is 102 Å². The molecule has 0 aromatic heterocycles. The smallest absolute Gasteiger partial charge is 0.410 e. The van der Waals surface area contributed by atoms with Gasteiger partial charge < -0.3 is 52.6 Å². The summed E-state index contributed by atoms with van der Waals surface area (Å²) in [7, 11) is 7.12. The van der Waals surface area contributed by atoms with Crippen LogP contribution in [0.5, 0.6) is 0 Å². The van der Waals surface area contributed by atoms with Gasteiger partial charge in [0.05, 0.1) is 66.4 Å². The lowest BCUT2D eigenvalue weighted by Gasteiger charge is -2.50. The van der Waals surface area contributed by atoms with Crippen LogP contribution in [-0.4, -0.2) is 164 Å². The highest BCUT2D eigenvalue weighted by atomic mass is 16.7. The van der Waals surface area contributed by atoms with Crippen molar-refractivity contribution >= 4 is 23.6 Å². The number of esters is 1. The lowest BCUT2D eigenvalue weighted by Crippen LogP contribution is -2.61. The molecule has 5 heterocycles. The number of aliphatic hydroxyl groups excluding tert-OH is 1. The molecule has 16 heteroatoms. The Kier molecular flexibility index (Phi) is 15.8. The Balaban J connectivity index is 1.68. The zero-order valence-electron chi connectivity index (χ0n) is 39.2. The summed E-state index contributed by atoms with van der Waals surface area (Å²) in [6.07, 6.45) is -3.03. The number of aliphatic hydroxyl groups is 1. The van der Waals surface area contributed by atoms with Crippen molar-refractivity contribution in [1.29, 1.82) is 0 Å². The fourth-order valence-corrected chi connectivity index (χ4v) is 10.8. The van der Waals surface area contributed by atoms with Gasteiger partial charge in [-0.25, -0.2) is 4.79 Å². The van der Waals surface area contributed by atoms with Gasteiger partial charge in [-0.15, -0.1) is 0 Å². The molecular weight excluding hydrogens is 791 g/mol. The van der Waals surface area contributed by atoms with Crippen molar-refractivity contribution < 1.29 is 62.1 Å². The Hall–Kier alpha value is -2.70. The molecule has 0 saturated carbocycles. The van der Waals surface area contributed by atoms with Gasteiger partial charge in [-0.3, -0.25) is 19.5 Å². The first-order valence-electron chi connectivity index (χ1n) is 22.2. The first kappa shape index (κ1) is 49.3. The highest BCUT2D eigenvalue weighted by Gasteiger charge is 2.61. The number of aliphatic imine (C=N–C) groups is 1. The Morgan fingerprint density at radius 3 is 2.25 bits per heavy atom. The highest BCUT2D eigenvalue weighted by Crippen LogP contribution is 2.45. The van der Waals surface area contributed by atoms with Crippen molar-refractivity contribution in [2.75, 3.05) is 41.4 Å². The fourth-order valence-electron chi connectivity index (χ4n) is 10.8. The molecule has 0 radical (unpaired) electrons. The number of allylic oxidation sites excluding steroid dienone is 1. The van der Waals surface area contributed by atoms with Crippen LogP contribution in [0, 0.1) is 23.7 Å². The van der Waals surface area contributed by atoms with Crippen LogP contribution in [-0.2, 0) is 52.2 Å². The highest BCUT2D eigenvalue weighted by molar-refractivity contribution is 5.91. The predicted octanol–water partition coefficient (Wildman–Crippen LogP) is 4.92. The number of amides is 1. The van der Waals surface area contributed by atoms with E-state index < -0.39 is 95.9 Å². The van der Waals surface area contributed by atoms with E-state index in [0.29, 0.717) is 32.4 Å². The van der Waals surface area contributed by atoms with Crippen LogP contribution in [0.25, 0.3) is 0 Å². The van der Waals surface area contributed by atoms with Gasteiger partial charge in [0.25, 0.3) is 0 Å². The van der Waals surface area contributed by atoms with Crippen LogP contribution in [0.15, 0.2) is 17.3 Å². The predicted molar refractivity (Wildman–Crippen MR) is 226 cm³/mol. The Morgan fingerprint density at radius 2 is 1.64 bits per heavy atom. The molecule has 16 nitrogen and oxygen atoms in total. The average molecular weight is 866 g/mol. The molecule has 4 saturated heterocycles. The second-order valence-corrected chi connectivity index (χ2v) is 19.1. The van der Waals surface area contributed by atoms with E-state index in [4.69, 9.17) is 47.6 Å². The lowest BCUT2D eigenvalue weighted by atomic mass is 9.72. The van der Waals surface area contributed by atoms with Crippen molar-refractivity contribution in [2.45, 2.75) is 186 Å². The standard InChI is InChI=1S/C45H75N3O13/c1-16-32-45(11)37-27(5)34(46-18-19-48(37)42(52)61-45)24(2)22-44(10,54-15)39(60-41-36(55-20-17-25(3)49)31(47(12)13)21-26(4)56-41)28(6)35(29(7)40(51)58-32)59-33-23-43(9,53-14)38(50)30(8)57-33/h17,20,24,26-33,35-39,41,50H,16,18-19,21-23H2,1-15H3/b20-17+/t24-,26-,27+,28+,29-,30+,31+,32-,33+,35+,36-,37-,38+,39-,41+,43-,44+,45-/m1/s1. The number of nitrogens with zero attached hydrogens (tertiary/aromatic N) is 3. The molecule has 18 atom stereocenters. The summed E-state index contributed by atoms with van der Waals surface area (Å²) in [6, 6.07) is -0.633. The number of fused-ring (bicyclic) bond motifs is 1. The fraction of sp³-hybridized carbons (Fsp3) is 0.867. The summed E-state index contributed by atoms with van der Waals surface area (Å²) in [4.78, 5) is 49.4. The van der Waals surface area contributed by atoms with Gasteiger partial charge >= 0.3 is 12.1 Å². The van der Waals surface area contributed by atoms with E-state index >= 15 is 0 Å². The lowest BCUT2D eigenvalue weighted by molar-refractivity contribution is -0.319. The molecule has 61 heavy (non-hydrogen) atoms. The molecule has 0 aromatic rings. The molecule has 4 fully saturated rings. The number of carbonyl (C=O) groups is 3. The second-order valence-electron chi connectivity index (χ2n) is 19.1. The average Bonchev–Trinajstić information content (AvgIpc) is 3.32. The van der Waals surface area contributed by atoms with Crippen LogP contribution in [0.2, 0.25) is 0 Å². The van der Waals surface area contributed by atoms with Crippen LogP contribution < -0.4 is 0 Å². The first-order valence-corrected chi connectivity index (χ1v) is 22.2. The van der Waals surface area contributed by atoms with Crippen molar-refractivity contribution in [3.05, 3.63) is 12.3 Å². The minimum absolute atomic E-state index is 0.163. The van der Waals surface area contributed by atoms with E-state index in [9.17, 15) is 19.5 Å². The molecule has 0 aliphatic carbocycles. The summed E-state index contributed by atoms with van der Waals surface area (Å²) in [5.74, 6) is -2.73. The number of hydrogen-bond acceptors (Lipinski definition) is 15. The Morgan fingerprint density at radius 1 is 0.967 bits per heavy atom. The third-order valence-corrected chi connectivity index (χ3v) is 14.3. The van der Waals surface area contributed by atoms with Gasteiger partial charge in [0, 0.05) is 50.8 Å². The third kappa shape index (κ3) is 10.0. The van der Waals surface area contributed by atoms with E-state index in [1.165, 1.54) is 19.3 Å². The number of likely N-dealkylation sites (N-methyl/N-ethyl adjacent to an activating group) is 1. The van der Waals surface area contributed by atoms with E-state index in [1.54, 1.807) is 33.0 Å². The van der Waals surface area contributed by atoms with Crippen molar-refractivity contribution in [2.24, 2.45) is 28.7 Å². The zero-order valence-corrected chi connectivity index (χ0v) is 39.2. The summed E-state index contributed by atoms with van der Waals surface area (Å²) in [5.41, 5.74) is -2.38. The van der Waals surface area contributed by atoms with Gasteiger partial charge in [0.15, 0.2) is 30.1 Å². The first-order chi connectivity index (χ1) is 28.5. The maximum Gasteiger partial charge on any atom is 0.410 e. The van der Waals surface area contributed by atoms with Crippen molar-refractivity contribution in [1.82, 2.24) is 9.80 Å². The number of hydrogen-bond donors (Lipinski definition) is 1. The van der Waals surface area contributed by atoms with Gasteiger partial charge in [-0.05, 0) is 87.7 Å². The summed E-state index contributed by atoms with van der Waals surface area (Å²) >= 11 is 0. The van der Waals surface area contributed by atoms with Crippen molar-refractivity contribution in [3.63, 3.8) is 0 Å². The molecule has 5 rings (SSSR count). The van der Waals surface area contributed by atoms with Gasteiger partial charge in [0.1, 0.15) is 12.2 Å². The van der Waals surface area contributed by atoms with Crippen LogP contribution in [0.3, 0.4) is 0 Å². The van der Waals surface area contributed by atoms with E-state index in [-0.39, 0.29) is 36.2 Å². The zero-order chi connectivity index (χ0) is 45.4. The normalized spacial score (nSPS) is 45.2. The van der Waals surface area contributed by atoms with Crippen molar-refractivity contribution in [3.8, 4) is 0 Å². The Labute approximate surface area is 363 Å². The summed E-state index contributed by atoms with van der Waals surface area (Å²) < 4.78 is 58.7. The molecule has 1 amide bonds. The largest absolute Gasteiger partial charge is 0.491 e. The number of ether oxygens (including phenoxy) is 9. The molecule has 2 bridgehead atoms. The van der Waals surface area contributed by atoms with Crippen LogP contribution >= 0.6 is 0 Å². The monoisotopic (exact) mass is 866 g/mol. The minimum atomic E-state index is -1.18. The molecular formula is C45H75N3O13. The van der Waals surface area contributed by atoms with E-state index in [0.717, 1.165) is 5.71 Å². The summed E-state index contributed by atoms with van der Waals surface area (Å²) in [5, 5.41) is 11.1. The number of ketones is 1. The SMILES string of the molecule is CC[C@H]1OC(=O)[C@H](C)[C@@H](O[C@H]2C[C@@](C)(OC)[C@@H](O)[C@H](C)O2)[C@H](C)[C@@H](O[C@@H]2O[C@H](C)C[C@H](N(C)C)[C@H]2O/C=C/C(C)=O)[C@@](C)(OC)C[C@@H](C)C2=NCCN3C(=O)O[C@@]1(C)[C@H]3[C@H]2C. The number of methoxy groups -OCH3 is 2.